The van der Waals surface area contributed by atoms with Crippen LogP contribution in [0.4, 0.5) is 0 Å². The normalized spacial score (nSPS) is 10.1. The topological polar surface area (TPSA) is 18.5 Å². The van der Waals surface area contributed by atoms with E-state index in [4.69, 9.17) is 21.1 Å². The molecular formula is C16H21ClO2. The molecule has 0 aliphatic rings. The van der Waals surface area contributed by atoms with Gasteiger partial charge in [-0.3, -0.25) is 0 Å². The molecule has 3 heteroatoms. The van der Waals surface area contributed by atoms with Crippen LogP contribution in [0.3, 0.4) is 0 Å². The van der Waals surface area contributed by atoms with Crippen LogP contribution in [0.15, 0.2) is 24.3 Å². The molecule has 0 radical (unpaired) electrons. The summed E-state index contributed by atoms with van der Waals surface area (Å²) in [6.07, 6.45) is 0.704. The van der Waals surface area contributed by atoms with Crippen LogP contribution in [-0.2, 0) is 4.74 Å². The van der Waals surface area contributed by atoms with Crippen molar-refractivity contribution < 1.29 is 9.47 Å². The lowest BCUT2D eigenvalue weighted by atomic mass is 10.2. The van der Waals surface area contributed by atoms with Gasteiger partial charge in [0.2, 0.25) is 0 Å². The van der Waals surface area contributed by atoms with Crippen LogP contribution < -0.4 is 4.74 Å². The maximum Gasteiger partial charge on any atom is 0.120 e. The first-order chi connectivity index (χ1) is 9.22. The Balaban J connectivity index is 2.34. The van der Waals surface area contributed by atoms with Crippen molar-refractivity contribution in [1.82, 2.24) is 0 Å². The molecule has 0 saturated carbocycles. The Bertz CT molecular complexity index is 418. The summed E-state index contributed by atoms with van der Waals surface area (Å²) in [5.74, 6) is 8.01. The molecule has 0 unspecified atom stereocenters. The zero-order valence-electron chi connectivity index (χ0n) is 11.6. The first kappa shape index (κ1) is 15.9. The SMILES string of the molecule is CC(C)COCCOc1cccc(C#CCCCl)c1. The second-order valence-corrected chi connectivity index (χ2v) is 4.96. The quantitative estimate of drug-likeness (QED) is 0.431. The van der Waals surface area contributed by atoms with Gasteiger partial charge in [0.25, 0.3) is 0 Å². The zero-order valence-corrected chi connectivity index (χ0v) is 12.4. The van der Waals surface area contributed by atoms with Crippen molar-refractivity contribution in [3.05, 3.63) is 29.8 Å². The van der Waals surface area contributed by atoms with Crippen LogP contribution >= 0.6 is 11.6 Å². The molecule has 2 nitrogen and oxygen atoms in total. The Hall–Kier alpha value is -1.17. The Kier molecular flexibility index (Phi) is 8.13. The average Bonchev–Trinajstić information content (AvgIpc) is 2.39. The standard InChI is InChI=1S/C16H21ClO2/c1-14(2)13-18-10-11-19-16-8-5-7-15(12-16)6-3-4-9-17/h5,7-8,12,14H,4,9-11,13H2,1-2H3. The van der Waals surface area contributed by atoms with Gasteiger partial charge in [0.05, 0.1) is 6.61 Å². The summed E-state index contributed by atoms with van der Waals surface area (Å²) in [6, 6.07) is 7.76. The van der Waals surface area contributed by atoms with E-state index in [0.29, 0.717) is 31.4 Å². The maximum atomic E-state index is 5.62. The van der Waals surface area contributed by atoms with Gasteiger partial charge in [-0.25, -0.2) is 0 Å². The third-order valence-electron chi connectivity index (χ3n) is 2.23. The van der Waals surface area contributed by atoms with Gasteiger partial charge < -0.3 is 9.47 Å². The maximum absolute atomic E-state index is 5.62. The second-order valence-electron chi connectivity index (χ2n) is 4.59. The van der Waals surface area contributed by atoms with Crippen molar-refractivity contribution in [2.24, 2.45) is 5.92 Å². The fraction of sp³-hybridized carbons (Fsp3) is 0.500. The second kappa shape index (κ2) is 9.72. The van der Waals surface area contributed by atoms with E-state index in [1.807, 2.05) is 24.3 Å². The predicted molar refractivity (Wildman–Crippen MR) is 79.8 cm³/mol. The third-order valence-corrected chi connectivity index (χ3v) is 2.42. The minimum atomic E-state index is 0.556. The zero-order chi connectivity index (χ0) is 13.9. The van der Waals surface area contributed by atoms with Gasteiger partial charge in [0, 0.05) is 24.5 Å². The van der Waals surface area contributed by atoms with Gasteiger partial charge >= 0.3 is 0 Å². The van der Waals surface area contributed by atoms with Gasteiger partial charge in [0.1, 0.15) is 12.4 Å². The van der Waals surface area contributed by atoms with E-state index in [9.17, 15) is 0 Å². The molecule has 0 atom stereocenters. The van der Waals surface area contributed by atoms with Crippen LogP contribution in [0.25, 0.3) is 0 Å². The number of hydrogen-bond acceptors (Lipinski definition) is 2. The molecule has 1 rings (SSSR count). The van der Waals surface area contributed by atoms with Gasteiger partial charge in [-0.05, 0) is 24.1 Å². The van der Waals surface area contributed by atoms with Crippen LogP contribution in [0, 0.1) is 17.8 Å². The van der Waals surface area contributed by atoms with Crippen LogP contribution in [0.1, 0.15) is 25.8 Å². The number of ether oxygens (including phenoxy) is 2. The number of alkyl halides is 1. The van der Waals surface area contributed by atoms with Crippen LogP contribution in [-0.4, -0.2) is 25.7 Å². The molecule has 0 aliphatic heterocycles. The lowest BCUT2D eigenvalue weighted by Gasteiger charge is -2.08. The smallest absolute Gasteiger partial charge is 0.120 e. The molecule has 104 valence electrons. The molecule has 1 aromatic rings. The number of rotatable bonds is 7. The fourth-order valence-electron chi connectivity index (χ4n) is 1.41. The Morgan fingerprint density at radius 3 is 2.84 bits per heavy atom. The highest BCUT2D eigenvalue weighted by molar-refractivity contribution is 6.18. The molecule has 0 N–H and O–H groups in total. The lowest BCUT2D eigenvalue weighted by Crippen LogP contribution is -2.10. The largest absolute Gasteiger partial charge is 0.491 e. The summed E-state index contributed by atoms with van der Waals surface area (Å²) in [4.78, 5) is 0. The van der Waals surface area contributed by atoms with E-state index in [2.05, 4.69) is 25.7 Å². The summed E-state index contributed by atoms with van der Waals surface area (Å²) >= 11 is 5.58. The molecule has 0 heterocycles. The predicted octanol–water partition coefficient (Wildman–Crippen LogP) is 3.72. The summed E-state index contributed by atoms with van der Waals surface area (Å²) in [7, 11) is 0. The van der Waals surface area contributed by atoms with E-state index >= 15 is 0 Å². The lowest BCUT2D eigenvalue weighted by molar-refractivity contribution is 0.0819. The van der Waals surface area contributed by atoms with Crippen molar-refractivity contribution in [2.45, 2.75) is 20.3 Å². The van der Waals surface area contributed by atoms with Crippen LogP contribution in [0.5, 0.6) is 5.75 Å². The number of benzene rings is 1. The van der Waals surface area contributed by atoms with E-state index in [1.165, 1.54) is 0 Å². The van der Waals surface area contributed by atoms with Gasteiger partial charge in [-0.15, -0.1) is 11.6 Å². The van der Waals surface area contributed by atoms with E-state index < -0.39 is 0 Å². The molecule has 0 spiro atoms. The highest BCUT2D eigenvalue weighted by Gasteiger charge is 1.96. The number of hydrogen-bond donors (Lipinski definition) is 0. The molecule has 0 fully saturated rings. The Morgan fingerprint density at radius 1 is 1.26 bits per heavy atom. The Labute approximate surface area is 121 Å². The van der Waals surface area contributed by atoms with E-state index in [-0.39, 0.29) is 0 Å². The van der Waals surface area contributed by atoms with Crippen molar-refractivity contribution in [3.63, 3.8) is 0 Å². The van der Waals surface area contributed by atoms with Crippen LogP contribution in [0.2, 0.25) is 0 Å². The fourth-order valence-corrected chi connectivity index (χ4v) is 1.51. The minimum Gasteiger partial charge on any atom is -0.491 e. The molecule has 0 amide bonds. The molecule has 0 bridgehead atoms. The highest BCUT2D eigenvalue weighted by Crippen LogP contribution is 2.12. The molecule has 19 heavy (non-hydrogen) atoms. The van der Waals surface area contributed by atoms with Gasteiger partial charge in [0.15, 0.2) is 0 Å². The van der Waals surface area contributed by atoms with Crippen molar-refractivity contribution >= 4 is 11.6 Å². The first-order valence-corrected chi connectivity index (χ1v) is 7.11. The van der Waals surface area contributed by atoms with Crippen molar-refractivity contribution in [1.29, 1.82) is 0 Å². The molecule has 0 aliphatic carbocycles. The van der Waals surface area contributed by atoms with Gasteiger partial charge in [-0.1, -0.05) is 31.8 Å². The summed E-state index contributed by atoms with van der Waals surface area (Å²) in [6.45, 7) is 6.20. The summed E-state index contributed by atoms with van der Waals surface area (Å²) in [5, 5.41) is 0. The first-order valence-electron chi connectivity index (χ1n) is 6.58. The Morgan fingerprint density at radius 2 is 2.11 bits per heavy atom. The van der Waals surface area contributed by atoms with Gasteiger partial charge in [-0.2, -0.15) is 0 Å². The third kappa shape index (κ3) is 7.77. The van der Waals surface area contributed by atoms with Crippen molar-refractivity contribution in [3.8, 4) is 17.6 Å². The molecule has 0 aromatic heterocycles. The summed E-state index contributed by atoms with van der Waals surface area (Å²) in [5.41, 5.74) is 0.950. The van der Waals surface area contributed by atoms with E-state index in [0.717, 1.165) is 17.9 Å². The average molecular weight is 281 g/mol. The van der Waals surface area contributed by atoms with Crippen molar-refractivity contribution in [2.75, 3.05) is 25.7 Å². The molecular weight excluding hydrogens is 260 g/mol. The van der Waals surface area contributed by atoms with E-state index in [1.54, 1.807) is 0 Å². The molecule has 1 aromatic carbocycles. The highest BCUT2D eigenvalue weighted by atomic mass is 35.5. The summed E-state index contributed by atoms with van der Waals surface area (Å²) < 4.78 is 11.1. The molecule has 0 saturated heterocycles. The monoisotopic (exact) mass is 280 g/mol. The minimum absolute atomic E-state index is 0.556. The number of halogens is 1.